The van der Waals surface area contributed by atoms with Crippen LogP contribution in [-0.2, 0) is 6.54 Å². The molecule has 0 amide bonds. The van der Waals surface area contributed by atoms with Crippen molar-refractivity contribution in [3.05, 3.63) is 16.6 Å². The van der Waals surface area contributed by atoms with Crippen LogP contribution in [0.25, 0.3) is 0 Å². The zero-order valence-electron chi connectivity index (χ0n) is 9.35. The Kier molecular flexibility index (Phi) is 4.05. The normalized spacial score (nSPS) is 26.3. The summed E-state index contributed by atoms with van der Waals surface area (Å²) in [5.74, 6) is 0. The summed E-state index contributed by atoms with van der Waals surface area (Å²) >= 11 is 3.71. The Morgan fingerprint density at radius 1 is 1.60 bits per heavy atom. The molecule has 0 unspecified atom stereocenters. The molecule has 1 aromatic rings. The van der Waals surface area contributed by atoms with Crippen molar-refractivity contribution in [1.29, 1.82) is 0 Å². The van der Waals surface area contributed by atoms with Crippen molar-refractivity contribution in [3.8, 4) is 0 Å². The number of thiazole rings is 1. The topological polar surface area (TPSA) is 16.1 Å². The van der Waals surface area contributed by atoms with Gasteiger partial charge in [-0.3, -0.25) is 4.90 Å². The summed E-state index contributed by atoms with van der Waals surface area (Å²) in [7, 11) is 2.23. The molecule has 1 aliphatic rings. The number of hydrogen-bond acceptors (Lipinski definition) is 4. The Labute approximate surface area is 100 Å². The van der Waals surface area contributed by atoms with Gasteiger partial charge in [-0.1, -0.05) is 6.42 Å². The fourth-order valence-corrected chi connectivity index (χ4v) is 3.98. The fraction of sp³-hybridized carbons (Fsp3) is 0.727. The van der Waals surface area contributed by atoms with Crippen molar-refractivity contribution < 1.29 is 0 Å². The highest BCUT2D eigenvalue weighted by Gasteiger charge is 2.29. The van der Waals surface area contributed by atoms with E-state index in [4.69, 9.17) is 0 Å². The van der Waals surface area contributed by atoms with Gasteiger partial charge in [0.15, 0.2) is 0 Å². The molecule has 0 saturated heterocycles. The summed E-state index contributed by atoms with van der Waals surface area (Å²) in [6, 6.07) is 0.752. The van der Waals surface area contributed by atoms with E-state index >= 15 is 0 Å². The van der Waals surface area contributed by atoms with Crippen LogP contribution in [0, 0.1) is 0 Å². The quantitative estimate of drug-likeness (QED) is 0.807. The van der Waals surface area contributed by atoms with Gasteiger partial charge in [0, 0.05) is 23.2 Å². The van der Waals surface area contributed by atoms with Crippen molar-refractivity contribution in [1.82, 2.24) is 9.88 Å². The number of rotatable bonds is 4. The van der Waals surface area contributed by atoms with E-state index in [9.17, 15) is 0 Å². The van der Waals surface area contributed by atoms with Gasteiger partial charge in [0.2, 0.25) is 0 Å². The molecule has 2 atom stereocenters. The fourth-order valence-electron chi connectivity index (χ4n) is 2.37. The van der Waals surface area contributed by atoms with E-state index in [1.54, 1.807) is 11.3 Å². The maximum atomic E-state index is 4.35. The first-order valence-corrected chi connectivity index (χ1v) is 7.64. The van der Waals surface area contributed by atoms with E-state index in [0.29, 0.717) is 0 Å². The van der Waals surface area contributed by atoms with Gasteiger partial charge in [-0.25, -0.2) is 4.98 Å². The van der Waals surface area contributed by atoms with Crippen LogP contribution in [0.4, 0.5) is 0 Å². The highest BCUT2D eigenvalue weighted by Crippen LogP contribution is 2.32. The summed E-state index contributed by atoms with van der Waals surface area (Å²) < 4.78 is 0. The molecule has 0 bridgehead atoms. The molecular weight excluding hydrogens is 224 g/mol. The summed E-state index contributed by atoms with van der Waals surface area (Å²) in [5.41, 5.74) is 3.14. The molecule has 15 heavy (non-hydrogen) atoms. The molecule has 1 heterocycles. The minimum absolute atomic E-state index is 0.752. The zero-order valence-corrected chi connectivity index (χ0v) is 11.0. The monoisotopic (exact) mass is 242 g/mol. The maximum Gasteiger partial charge on any atom is 0.0795 e. The minimum atomic E-state index is 0.752. The predicted octanol–water partition coefficient (Wildman–Crippen LogP) is 2.86. The SMILES string of the molecule is CS[C@H]1CCC[C@H]1N(C)Cc1cscn1. The van der Waals surface area contributed by atoms with Crippen LogP contribution >= 0.6 is 23.1 Å². The summed E-state index contributed by atoms with van der Waals surface area (Å²) in [6.07, 6.45) is 6.36. The second kappa shape index (κ2) is 5.32. The molecule has 0 radical (unpaired) electrons. The van der Waals surface area contributed by atoms with Crippen LogP contribution < -0.4 is 0 Å². The van der Waals surface area contributed by atoms with Crippen LogP contribution in [0.2, 0.25) is 0 Å². The molecule has 1 aromatic heterocycles. The third-order valence-electron chi connectivity index (χ3n) is 3.18. The van der Waals surface area contributed by atoms with E-state index in [2.05, 4.69) is 28.6 Å². The first-order chi connectivity index (χ1) is 7.31. The lowest BCUT2D eigenvalue weighted by Gasteiger charge is -2.28. The molecule has 2 rings (SSSR count). The molecule has 0 spiro atoms. The maximum absolute atomic E-state index is 4.35. The number of nitrogens with zero attached hydrogens (tertiary/aromatic N) is 2. The Hall–Kier alpha value is -0.0600. The van der Waals surface area contributed by atoms with Gasteiger partial charge in [0.25, 0.3) is 0 Å². The highest BCUT2D eigenvalue weighted by atomic mass is 32.2. The Morgan fingerprint density at radius 3 is 3.13 bits per heavy atom. The van der Waals surface area contributed by atoms with Crippen LogP contribution in [-0.4, -0.2) is 34.5 Å². The molecule has 84 valence electrons. The zero-order chi connectivity index (χ0) is 10.7. The van der Waals surface area contributed by atoms with Gasteiger partial charge in [-0.15, -0.1) is 11.3 Å². The Morgan fingerprint density at radius 2 is 2.47 bits per heavy atom. The molecule has 1 saturated carbocycles. The van der Waals surface area contributed by atoms with Gasteiger partial charge in [-0.2, -0.15) is 11.8 Å². The molecule has 4 heteroatoms. The second-order valence-electron chi connectivity index (χ2n) is 4.17. The lowest BCUT2D eigenvalue weighted by atomic mass is 10.2. The average molecular weight is 242 g/mol. The first kappa shape index (κ1) is 11.4. The van der Waals surface area contributed by atoms with Crippen molar-refractivity contribution in [2.75, 3.05) is 13.3 Å². The number of aromatic nitrogens is 1. The molecule has 0 aromatic carbocycles. The third-order valence-corrected chi connectivity index (χ3v) is 4.97. The molecule has 1 fully saturated rings. The van der Waals surface area contributed by atoms with Gasteiger partial charge in [0.05, 0.1) is 11.2 Å². The number of thioether (sulfide) groups is 1. The summed E-state index contributed by atoms with van der Waals surface area (Å²) in [4.78, 5) is 6.82. The minimum Gasteiger partial charge on any atom is -0.296 e. The molecule has 1 aliphatic carbocycles. The van der Waals surface area contributed by atoms with Crippen molar-refractivity contribution in [3.63, 3.8) is 0 Å². The first-order valence-electron chi connectivity index (χ1n) is 5.41. The molecule has 0 aliphatic heterocycles. The highest BCUT2D eigenvalue weighted by molar-refractivity contribution is 7.99. The van der Waals surface area contributed by atoms with E-state index in [1.165, 1.54) is 25.0 Å². The Balaban J connectivity index is 1.92. The Bertz CT molecular complexity index is 287. The van der Waals surface area contributed by atoms with Crippen molar-refractivity contribution in [2.45, 2.75) is 37.1 Å². The smallest absolute Gasteiger partial charge is 0.0795 e. The lowest BCUT2D eigenvalue weighted by molar-refractivity contribution is 0.239. The van der Waals surface area contributed by atoms with Gasteiger partial charge in [0.1, 0.15) is 0 Å². The van der Waals surface area contributed by atoms with Crippen LogP contribution in [0.15, 0.2) is 10.9 Å². The van der Waals surface area contributed by atoms with Gasteiger partial charge in [-0.05, 0) is 26.1 Å². The largest absolute Gasteiger partial charge is 0.296 e. The lowest BCUT2D eigenvalue weighted by Crippen LogP contribution is -2.35. The molecule has 2 nitrogen and oxygen atoms in total. The van der Waals surface area contributed by atoms with E-state index in [1.807, 2.05) is 17.3 Å². The van der Waals surface area contributed by atoms with Crippen molar-refractivity contribution >= 4 is 23.1 Å². The van der Waals surface area contributed by atoms with Crippen molar-refractivity contribution in [2.24, 2.45) is 0 Å². The van der Waals surface area contributed by atoms with Crippen LogP contribution in [0.3, 0.4) is 0 Å². The van der Waals surface area contributed by atoms with Gasteiger partial charge < -0.3 is 0 Å². The average Bonchev–Trinajstić information content (AvgIpc) is 2.86. The van der Waals surface area contributed by atoms with E-state index < -0.39 is 0 Å². The van der Waals surface area contributed by atoms with Gasteiger partial charge >= 0.3 is 0 Å². The van der Waals surface area contributed by atoms with E-state index in [-0.39, 0.29) is 0 Å². The summed E-state index contributed by atoms with van der Waals surface area (Å²) in [5, 5.41) is 2.98. The van der Waals surface area contributed by atoms with Crippen LogP contribution in [0.1, 0.15) is 25.0 Å². The predicted molar refractivity (Wildman–Crippen MR) is 68.5 cm³/mol. The standard InChI is InChI=1S/C11H18N2S2/c1-13(6-9-7-15-8-12-9)10-4-3-5-11(10)14-2/h7-8,10-11H,3-6H2,1-2H3/t10-,11+/m1/s1. The molecule has 0 N–H and O–H groups in total. The molecular formula is C11H18N2S2. The summed E-state index contributed by atoms with van der Waals surface area (Å²) in [6.45, 7) is 1.01. The number of hydrogen-bond donors (Lipinski definition) is 0. The second-order valence-corrected chi connectivity index (χ2v) is 5.96. The third kappa shape index (κ3) is 2.74. The van der Waals surface area contributed by atoms with Crippen LogP contribution in [0.5, 0.6) is 0 Å². The van der Waals surface area contributed by atoms with E-state index in [0.717, 1.165) is 17.8 Å².